The average Bonchev–Trinajstić information content (AvgIpc) is 2.93. The summed E-state index contributed by atoms with van der Waals surface area (Å²) in [6.45, 7) is 0.849. The third kappa shape index (κ3) is 2.69. The van der Waals surface area contributed by atoms with E-state index in [-0.39, 0.29) is 6.10 Å². The van der Waals surface area contributed by atoms with E-state index in [1.165, 1.54) is 17.5 Å². The molecule has 1 aromatic carbocycles. The van der Waals surface area contributed by atoms with Crippen molar-refractivity contribution in [2.24, 2.45) is 5.73 Å². The molecule has 1 atom stereocenters. The van der Waals surface area contributed by atoms with Crippen LogP contribution in [-0.4, -0.2) is 5.16 Å². The zero-order valence-corrected chi connectivity index (χ0v) is 10.8. The molecule has 100 valence electrons. The number of fused-ring (bicyclic) bond motifs is 1. The van der Waals surface area contributed by atoms with Crippen molar-refractivity contribution < 1.29 is 9.26 Å². The fraction of sp³-hybridized carbons (Fsp3) is 0.400. The van der Waals surface area contributed by atoms with E-state index in [9.17, 15) is 0 Å². The second kappa shape index (κ2) is 5.55. The number of nitrogens with two attached hydrogens (primary N) is 1. The quantitative estimate of drug-likeness (QED) is 0.916. The highest BCUT2D eigenvalue weighted by Gasteiger charge is 2.20. The Morgan fingerprint density at radius 3 is 3.11 bits per heavy atom. The summed E-state index contributed by atoms with van der Waals surface area (Å²) in [7, 11) is 0. The maximum Gasteiger partial charge on any atom is 0.162 e. The van der Waals surface area contributed by atoms with Gasteiger partial charge in [0, 0.05) is 12.6 Å². The number of nitrogens with zero attached hydrogens (tertiary/aromatic N) is 1. The van der Waals surface area contributed by atoms with Gasteiger partial charge in [-0.15, -0.1) is 0 Å². The third-order valence-electron chi connectivity index (χ3n) is 3.56. The summed E-state index contributed by atoms with van der Waals surface area (Å²) < 4.78 is 11.2. The Labute approximate surface area is 112 Å². The molecule has 1 aliphatic rings. The molecule has 19 heavy (non-hydrogen) atoms. The van der Waals surface area contributed by atoms with Gasteiger partial charge >= 0.3 is 0 Å². The number of ether oxygens (including phenoxy) is 1. The van der Waals surface area contributed by atoms with Crippen molar-refractivity contribution in [2.75, 3.05) is 0 Å². The lowest BCUT2D eigenvalue weighted by atomic mass is 9.89. The van der Waals surface area contributed by atoms with E-state index in [1.807, 2.05) is 6.07 Å². The van der Waals surface area contributed by atoms with Gasteiger partial charge in [0.05, 0.1) is 11.8 Å². The number of aryl methyl sites for hydroxylation is 1. The molecule has 0 amide bonds. The van der Waals surface area contributed by atoms with Crippen LogP contribution in [0.15, 0.2) is 34.9 Å². The standard InChI is InChI=1S/C15H18N2O2/c16-9-12-8-13(19-17-12)10-18-15-7-3-5-11-4-1-2-6-14(11)15/h1-2,4,6,8,15H,3,5,7,9-10,16H2. The smallest absolute Gasteiger partial charge is 0.162 e. The molecular formula is C15H18N2O2. The van der Waals surface area contributed by atoms with Crippen molar-refractivity contribution in [1.29, 1.82) is 0 Å². The molecule has 0 spiro atoms. The summed E-state index contributed by atoms with van der Waals surface area (Å²) in [5, 5.41) is 3.86. The van der Waals surface area contributed by atoms with Crippen LogP contribution >= 0.6 is 0 Å². The molecular weight excluding hydrogens is 240 g/mol. The van der Waals surface area contributed by atoms with Crippen LogP contribution in [0.25, 0.3) is 0 Å². The van der Waals surface area contributed by atoms with Crippen molar-refractivity contribution in [3.63, 3.8) is 0 Å². The molecule has 1 aliphatic carbocycles. The Hall–Kier alpha value is -1.65. The molecule has 1 heterocycles. The molecule has 3 rings (SSSR count). The fourth-order valence-corrected chi connectivity index (χ4v) is 2.59. The summed E-state index contributed by atoms with van der Waals surface area (Å²) in [5.74, 6) is 0.739. The molecule has 0 saturated heterocycles. The number of benzene rings is 1. The molecule has 0 aliphatic heterocycles. The second-order valence-electron chi connectivity index (χ2n) is 4.88. The van der Waals surface area contributed by atoms with Gasteiger partial charge in [-0.1, -0.05) is 29.4 Å². The van der Waals surface area contributed by atoms with Crippen molar-refractivity contribution in [1.82, 2.24) is 5.16 Å². The van der Waals surface area contributed by atoms with Crippen LogP contribution in [0.3, 0.4) is 0 Å². The summed E-state index contributed by atoms with van der Waals surface area (Å²) >= 11 is 0. The van der Waals surface area contributed by atoms with Gasteiger partial charge in [0.25, 0.3) is 0 Å². The average molecular weight is 258 g/mol. The van der Waals surface area contributed by atoms with Gasteiger partial charge in [0.2, 0.25) is 0 Å². The first-order valence-electron chi connectivity index (χ1n) is 6.71. The normalized spacial score (nSPS) is 18.3. The Bertz CT molecular complexity index is 551. The molecule has 0 radical (unpaired) electrons. The maximum absolute atomic E-state index is 5.98. The van der Waals surface area contributed by atoms with Crippen LogP contribution in [0.4, 0.5) is 0 Å². The summed E-state index contributed by atoms with van der Waals surface area (Å²) in [4.78, 5) is 0. The first-order chi connectivity index (χ1) is 9.36. The van der Waals surface area contributed by atoms with E-state index in [2.05, 4.69) is 29.4 Å². The Morgan fingerprint density at radius 1 is 1.37 bits per heavy atom. The number of aromatic nitrogens is 1. The molecule has 0 bridgehead atoms. The molecule has 2 aromatic rings. The minimum Gasteiger partial charge on any atom is -0.365 e. The Balaban J connectivity index is 1.68. The van der Waals surface area contributed by atoms with Crippen molar-refractivity contribution in [3.05, 3.63) is 52.9 Å². The molecule has 2 N–H and O–H groups in total. The zero-order chi connectivity index (χ0) is 13.1. The van der Waals surface area contributed by atoms with E-state index in [4.69, 9.17) is 15.0 Å². The monoisotopic (exact) mass is 258 g/mol. The number of hydrogen-bond acceptors (Lipinski definition) is 4. The lowest BCUT2D eigenvalue weighted by molar-refractivity contribution is 0.0168. The Kier molecular flexibility index (Phi) is 3.62. The minimum atomic E-state index is 0.163. The van der Waals surface area contributed by atoms with Crippen molar-refractivity contribution in [2.45, 2.75) is 38.5 Å². The summed E-state index contributed by atoms with van der Waals surface area (Å²) in [6.07, 6.45) is 3.55. The van der Waals surface area contributed by atoms with E-state index in [1.54, 1.807) is 0 Å². The van der Waals surface area contributed by atoms with Crippen LogP contribution in [0.1, 0.15) is 41.5 Å². The second-order valence-corrected chi connectivity index (χ2v) is 4.88. The third-order valence-corrected chi connectivity index (χ3v) is 3.56. The van der Waals surface area contributed by atoms with Crippen LogP contribution in [0.2, 0.25) is 0 Å². The first-order valence-corrected chi connectivity index (χ1v) is 6.71. The Morgan fingerprint density at radius 2 is 2.26 bits per heavy atom. The van der Waals surface area contributed by atoms with E-state index in [0.717, 1.165) is 24.3 Å². The van der Waals surface area contributed by atoms with E-state index >= 15 is 0 Å². The predicted molar refractivity (Wildman–Crippen MR) is 71.3 cm³/mol. The molecule has 1 unspecified atom stereocenters. The van der Waals surface area contributed by atoms with Gasteiger partial charge < -0.3 is 15.0 Å². The van der Waals surface area contributed by atoms with Gasteiger partial charge in [0.1, 0.15) is 6.61 Å². The molecule has 1 aromatic heterocycles. The van der Waals surface area contributed by atoms with E-state index < -0.39 is 0 Å². The lowest BCUT2D eigenvalue weighted by Gasteiger charge is -2.25. The van der Waals surface area contributed by atoms with Crippen molar-refractivity contribution in [3.8, 4) is 0 Å². The molecule has 4 heteroatoms. The zero-order valence-electron chi connectivity index (χ0n) is 10.8. The fourth-order valence-electron chi connectivity index (χ4n) is 2.59. The minimum absolute atomic E-state index is 0.163. The SMILES string of the molecule is NCc1cc(COC2CCCc3ccccc32)on1. The van der Waals surface area contributed by atoms with Crippen LogP contribution in [0.5, 0.6) is 0 Å². The molecule has 4 nitrogen and oxygen atoms in total. The molecule has 0 fully saturated rings. The summed E-state index contributed by atoms with van der Waals surface area (Å²) in [5.41, 5.74) is 8.98. The predicted octanol–water partition coefficient (Wildman–Crippen LogP) is 2.73. The van der Waals surface area contributed by atoms with Crippen LogP contribution in [0, 0.1) is 0 Å². The highest BCUT2D eigenvalue weighted by atomic mass is 16.5. The highest BCUT2D eigenvalue weighted by molar-refractivity contribution is 5.31. The van der Waals surface area contributed by atoms with Gasteiger partial charge in [-0.3, -0.25) is 0 Å². The number of rotatable bonds is 4. The van der Waals surface area contributed by atoms with Gasteiger partial charge in [0.15, 0.2) is 5.76 Å². The van der Waals surface area contributed by atoms with Crippen LogP contribution < -0.4 is 5.73 Å². The van der Waals surface area contributed by atoms with E-state index in [0.29, 0.717) is 13.2 Å². The maximum atomic E-state index is 5.98. The largest absolute Gasteiger partial charge is 0.365 e. The first kappa shape index (κ1) is 12.4. The topological polar surface area (TPSA) is 61.3 Å². The van der Waals surface area contributed by atoms with Gasteiger partial charge in [-0.2, -0.15) is 0 Å². The highest BCUT2D eigenvalue weighted by Crippen LogP contribution is 2.32. The summed E-state index contributed by atoms with van der Waals surface area (Å²) in [6, 6.07) is 10.4. The van der Waals surface area contributed by atoms with Gasteiger partial charge in [-0.05, 0) is 30.4 Å². The lowest BCUT2D eigenvalue weighted by Crippen LogP contribution is -2.12. The number of hydrogen-bond donors (Lipinski definition) is 1. The van der Waals surface area contributed by atoms with Crippen molar-refractivity contribution >= 4 is 0 Å². The van der Waals surface area contributed by atoms with Crippen LogP contribution in [-0.2, 0) is 24.3 Å². The van der Waals surface area contributed by atoms with Gasteiger partial charge in [-0.25, -0.2) is 0 Å². The molecule has 0 saturated carbocycles.